The number of aromatic nitrogens is 2. The number of aromatic amines is 1. The molecule has 0 spiro atoms. The molecule has 0 unspecified atom stereocenters. The summed E-state index contributed by atoms with van der Waals surface area (Å²) in [4.78, 5) is 42.5. The van der Waals surface area contributed by atoms with Crippen LogP contribution in [0.2, 0.25) is 0 Å². The van der Waals surface area contributed by atoms with Crippen LogP contribution in [0.1, 0.15) is 54.8 Å². The van der Waals surface area contributed by atoms with E-state index in [4.69, 9.17) is 5.11 Å². The van der Waals surface area contributed by atoms with Gasteiger partial charge in [-0.15, -0.1) is 11.3 Å². The molecule has 0 bridgehead atoms. The normalized spacial score (nSPS) is 13.4. The van der Waals surface area contributed by atoms with Gasteiger partial charge in [-0.2, -0.15) is 0 Å². The van der Waals surface area contributed by atoms with Crippen molar-refractivity contribution >= 4 is 23.2 Å². The number of nitrogens with one attached hydrogen (secondary N) is 2. The van der Waals surface area contributed by atoms with Crippen molar-refractivity contribution in [3.63, 3.8) is 0 Å². The maximum Gasteiger partial charge on any atom is 0.347 e. The molecule has 7 nitrogen and oxygen atoms in total. The quantitative estimate of drug-likeness (QED) is 0.778. The summed E-state index contributed by atoms with van der Waals surface area (Å²) in [5.41, 5.74) is 2.05. The number of hydrogen-bond donors (Lipinski definition) is 3. The molecule has 0 aliphatic heterocycles. The lowest BCUT2D eigenvalue weighted by Crippen LogP contribution is -2.30. The third-order valence-corrected chi connectivity index (χ3v) is 5.16. The van der Waals surface area contributed by atoms with E-state index >= 15 is 0 Å². The van der Waals surface area contributed by atoms with E-state index in [1.807, 2.05) is 0 Å². The van der Waals surface area contributed by atoms with Gasteiger partial charge < -0.3 is 15.4 Å². The molecule has 24 heavy (non-hydrogen) atoms. The summed E-state index contributed by atoms with van der Waals surface area (Å²) in [5.74, 6) is -1.51. The van der Waals surface area contributed by atoms with Crippen molar-refractivity contribution in [1.29, 1.82) is 0 Å². The fraction of sp³-hybridized carbons (Fsp3) is 0.375. The molecule has 3 rings (SSSR count). The first-order valence-electron chi connectivity index (χ1n) is 7.68. The molecular weight excluding hydrogens is 330 g/mol. The monoisotopic (exact) mass is 347 g/mol. The number of thiazole rings is 1. The van der Waals surface area contributed by atoms with E-state index in [1.165, 1.54) is 0 Å². The van der Waals surface area contributed by atoms with Gasteiger partial charge in [0.2, 0.25) is 0 Å². The molecule has 2 aromatic heterocycles. The summed E-state index contributed by atoms with van der Waals surface area (Å²) in [5, 5.41) is 12.2. The largest absolute Gasteiger partial charge is 0.477 e. The molecule has 0 saturated heterocycles. The Morgan fingerprint density at radius 2 is 2.12 bits per heavy atom. The number of amides is 1. The molecule has 2 heterocycles. The summed E-state index contributed by atoms with van der Waals surface area (Å²) in [6, 6.07) is 1.67. The van der Waals surface area contributed by atoms with Crippen molar-refractivity contribution in [2.45, 2.75) is 39.2 Å². The van der Waals surface area contributed by atoms with E-state index in [1.54, 1.807) is 13.0 Å². The van der Waals surface area contributed by atoms with Gasteiger partial charge in [-0.25, -0.2) is 9.78 Å². The average molecular weight is 347 g/mol. The van der Waals surface area contributed by atoms with E-state index < -0.39 is 17.4 Å². The van der Waals surface area contributed by atoms with E-state index in [-0.39, 0.29) is 17.0 Å². The van der Waals surface area contributed by atoms with Crippen molar-refractivity contribution in [3.05, 3.63) is 48.8 Å². The van der Waals surface area contributed by atoms with Crippen molar-refractivity contribution in [1.82, 2.24) is 15.3 Å². The number of hydrogen-bond acceptors (Lipinski definition) is 5. The minimum absolute atomic E-state index is 0.0855. The zero-order chi connectivity index (χ0) is 17.3. The van der Waals surface area contributed by atoms with E-state index in [0.29, 0.717) is 10.7 Å². The fourth-order valence-electron chi connectivity index (χ4n) is 2.82. The van der Waals surface area contributed by atoms with Crippen LogP contribution in [0, 0.1) is 6.92 Å². The molecule has 126 valence electrons. The third-order valence-electron chi connectivity index (χ3n) is 4.02. The van der Waals surface area contributed by atoms with Gasteiger partial charge in [0.15, 0.2) is 0 Å². The maximum atomic E-state index is 12.3. The highest BCUT2D eigenvalue weighted by Gasteiger charge is 2.18. The number of carboxylic acids is 1. The molecule has 3 N–H and O–H groups in total. The summed E-state index contributed by atoms with van der Waals surface area (Å²) >= 11 is 1.02. The molecule has 1 aliphatic rings. The lowest BCUT2D eigenvalue weighted by molar-refractivity contribution is 0.0701. The highest BCUT2D eigenvalue weighted by Crippen LogP contribution is 2.19. The van der Waals surface area contributed by atoms with Crippen LogP contribution in [0.15, 0.2) is 10.9 Å². The van der Waals surface area contributed by atoms with Crippen molar-refractivity contribution in [2.75, 3.05) is 0 Å². The third kappa shape index (κ3) is 3.23. The number of aromatic carboxylic acids is 1. The van der Waals surface area contributed by atoms with E-state index in [9.17, 15) is 14.4 Å². The van der Waals surface area contributed by atoms with Crippen LogP contribution in [0.3, 0.4) is 0 Å². The Kier molecular flexibility index (Phi) is 4.48. The number of carbonyl (C=O) groups excluding carboxylic acids is 1. The molecule has 0 saturated carbocycles. The van der Waals surface area contributed by atoms with Gasteiger partial charge in [0.25, 0.3) is 11.5 Å². The summed E-state index contributed by atoms with van der Waals surface area (Å²) in [6.45, 7) is 1.70. The molecule has 0 atom stereocenters. The zero-order valence-electron chi connectivity index (χ0n) is 13.1. The van der Waals surface area contributed by atoms with Gasteiger partial charge in [0.05, 0.1) is 12.2 Å². The van der Waals surface area contributed by atoms with E-state index in [0.717, 1.165) is 48.3 Å². The van der Waals surface area contributed by atoms with Crippen LogP contribution in [0.25, 0.3) is 0 Å². The lowest BCUT2D eigenvalue weighted by Gasteiger charge is -2.15. The molecular formula is C16H17N3O4S. The molecule has 0 radical (unpaired) electrons. The lowest BCUT2D eigenvalue weighted by atomic mass is 9.95. The van der Waals surface area contributed by atoms with Crippen molar-refractivity contribution in [3.8, 4) is 0 Å². The maximum absolute atomic E-state index is 12.3. The number of carboxylic acid groups (broad SMARTS) is 1. The van der Waals surface area contributed by atoms with Gasteiger partial charge >= 0.3 is 5.97 Å². The second kappa shape index (κ2) is 6.56. The average Bonchev–Trinajstić information content (AvgIpc) is 2.93. The number of carbonyl (C=O) groups is 2. The predicted molar refractivity (Wildman–Crippen MR) is 88.7 cm³/mol. The molecule has 2 aromatic rings. The number of aryl methyl sites for hydroxylation is 3. The van der Waals surface area contributed by atoms with Crippen LogP contribution < -0.4 is 10.9 Å². The van der Waals surface area contributed by atoms with E-state index in [2.05, 4.69) is 15.3 Å². The van der Waals surface area contributed by atoms with Crippen LogP contribution in [-0.2, 0) is 19.4 Å². The standard InChI is InChI=1S/C16H17N3O4S/c1-8-13(16(22)23)24-12(18-8)7-17-14(20)10-6-9-4-2-3-5-11(9)19-15(10)21/h6H,2-5,7H2,1H3,(H,17,20)(H,19,21)(H,22,23). The fourth-order valence-corrected chi connectivity index (χ4v) is 3.66. The smallest absolute Gasteiger partial charge is 0.347 e. The Balaban J connectivity index is 1.75. The predicted octanol–water partition coefficient (Wildman–Crippen LogP) is 1.65. The van der Waals surface area contributed by atoms with Gasteiger partial charge in [-0.1, -0.05) is 0 Å². The Bertz CT molecular complexity index is 869. The summed E-state index contributed by atoms with van der Waals surface area (Å²) in [7, 11) is 0. The highest BCUT2D eigenvalue weighted by atomic mass is 32.1. The topological polar surface area (TPSA) is 112 Å². The summed E-state index contributed by atoms with van der Waals surface area (Å²) in [6.07, 6.45) is 3.79. The number of pyridine rings is 1. The second-order valence-electron chi connectivity index (χ2n) is 5.73. The first-order valence-corrected chi connectivity index (χ1v) is 8.50. The minimum Gasteiger partial charge on any atom is -0.477 e. The molecule has 0 aromatic carbocycles. The first kappa shape index (κ1) is 16.4. The first-order chi connectivity index (χ1) is 11.5. The Hall–Kier alpha value is -2.48. The van der Waals surface area contributed by atoms with Crippen LogP contribution in [0.5, 0.6) is 0 Å². The highest BCUT2D eigenvalue weighted by molar-refractivity contribution is 7.13. The van der Waals surface area contributed by atoms with Crippen LogP contribution in [-0.4, -0.2) is 27.0 Å². The number of rotatable bonds is 4. The van der Waals surface area contributed by atoms with Crippen molar-refractivity contribution in [2.24, 2.45) is 0 Å². The SMILES string of the molecule is Cc1nc(CNC(=O)c2cc3c([nH]c2=O)CCCC3)sc1C(=O)O. The number of nitrogens with zero attached hydrogens (tertiary/aromatic N) is 1. The Labute approximate surface area is 141 Å². The van der Waals surface area contributed by atoms with Crippen molar-refractivity contribution < 1.29 is 14.7 Å². The molecule has 8 heteroatoms. The molecule has 0 fully saturated rings. The zero-order valence-corrected chi connectivity index (χ0v) is 14.0. The number of H-pyrrole nitrogens is 1. The van der Waals surface area contributed by atoms with Gasteiger partial charge in [0.1, 0.15) is 15.4 Å². The Morgan fingerprint density at radius 1 is 1.38 bits per heavy atom. The van der Waals surface area contributed by atoms with Gasteiger partial charge in [-0.05, 0) is 44.2 Å². The van der Waals surface area contributed by atoms with Crippen LogP contribution in [0.4, 0.5) is 0 Å². The molecule has 1 aliphatic carbocycles. The second-order valence-corrected chi connectivity index (χ2v) is 6.82. The molecule has 1 amide bonds. The van der Waals surface area contributed by atoms with Gasteiger partial charge in [-0.3, -0.25) is 9.59 Å². The number of fused-ring (bicyclic) bond motifs is 1. The van der Waals surface area contributed by atoms with Crippen LogP contribution >= 0.6 is 11.3 Å². The minimum atomic E-state index is -1.03. The Morgan fingerprint density at radius 3 is 2.83 bits per heavy atom. The summed E-state index contributed by atoms with van der Waals surface area (Å²) < 4.78 is 0. The van der Waals surface area contributed by atoms with Gasteiger partial charge in [0, 0.05) is 5.69 Å².